The van der Waals surface area contributed by atoms with Crippen LogP contribution in [0.1, 0.15) is 31.4 Å². The van der Waals surface area contributed by atoms with E-state index in [-0.39, 0.29) is 6.04 Å². The Kier molecular flexibility index (Phi) is 4.69. The van der Waals surface area contributed by atoms with Gasteiger partial charge in [0, 0.05) is 21.7 Å². The molecule has 0 bridgehead atoms. The second kappa shape index (κ2) is 5.56. The summed E-state index contributed by atoms with van der Waals surface area (Å²) in [7, 11) is 0. The van der Waals surface area contributed by atoms with E-state index in [2.05, 4.69) is 12.3 Å². The van der Waals surface area contributed by atoms with Gasteiger partial charge in [0.05, 0.1) is 0 Å². The fraction of sp³-hybridized carbons (Fsp3) is 0.400. The number of nitrogens with one attached hydrogen (secondary N) is 1. The molecule has 0 aliphatic rings. The van der Waals surface area contributed by atoms with Gasteiger partial charge in [-0.15, -0.1) is 0 Å². The fourth-order valence-electron chi connectivity index (χ4n) is 1.44. The summed E-state index contributed by atoms with van der Waals surface area (Å²) in [5.41, 5.74) is 3.62. The maximum Gasteiger partial charge on any atom is 0.0489 e. The molecule has 0 saturated carbocycles. The monoisotopic (exact) mass is 232 g/mol. The molecule has 1 rings (SSSR count). The van der Waals surface area contributed by atoms with E-state index in [0.717, 1.165) is 18.4 Å². The van der Waals surface area contributed by atoms with Gasteiger partial charge in [0.1, 0.15) is 0 Å². The average Bonchev–Trinajstić information content (AvgIpc) is 2.16. The summed E-state index contributed by atoms with van der Waals surface area (Å²) in [5, 5.41) is 1.32. The molecule has 0 aliphatic heterocycles. The molecule has 0 amide bonds. The third kappa shape index (κ3) is 2.61. The second-order valence-corrected chi connectivity index (χ2v) is 3.96. The molecule has 0 radical (unpaired) electrons. The van der Waals surface area contributed by atoms with E-state index in [1.165, 1.54) is 0 Å². The lowest BCUT2D eigenvalue weighted by Crippen LogP contribution is -2.28. The van der Waals surface area contributed by atoms with Crippen LogP contribution in [0.15, 0.2) is 18.2 Å². The summed E-state index contributed by atoms with van der Waals surface area (Å²) in [5.74, 6) is 5.46. The van der Waals surface area contributed by atoms with E-state index in [0.29, 0.717) is 10.0 Å². The predicted octanol–water partition coefficient (Wildman–Crippen LogP) is 3.30. The van der Waals surface area contributed by atoms with Crippen molar-refractivity contribution in [3.05, 3.63) is 33.8 Å². The molecule has 1 aromatic carbocycles. The lowest BCUT2D eigenvalue weighted by Gasteiger charge is -2.18. The van der Waals surface area contributed by atoms with Gasteiger partial charge < -0.3 is 0 Å². The van der Waals surface area contributed by atoms with Gasteiger partial charge in [0.2, 0.25) is 0 Å². The Bertz CT molecular complexity index is 282. The van der Waals surface area contributed by atoms with Crippen molar-refractivity contribution >= 4 is 23.2 Å². The SMILES string of the molecule is CCCC(NN)c1c(Cl)cccc1Cl. The van der Waals surface area contributed by atoms with Crippen molar-refractivity contribution < 1.29 is 0 Å². The van der Waals surface area contributed by atoms with Crippen molar-refractivity contribution in [1.29, 1.82) is 0 Å². The van der Waals surface area contributed by atoms with Crippen LogP contribution in [0, 0.1) is 0 Å². The standard InChI is InChI=1S/C10H14Cl2N2/c1-2-4-9(14-13)10-7(11)5-3-6-8(10)12/h3,5-6,9,14H,2,4,13H2,1H3. The molecule has 0 aromatic heterocycles. The Hall–Kier alpha value is -0.280. The third-order valence-corrected chi connectivity index (χ3v) is 2.79. The minimum Gasteiger partial charge on any atom is -0.271 e. The predicted molar refractivity (Wildman–Crippen MR) is 61.4 cm³/mol. The summed E-state index contributed by atoms with van der Waals surface area (Å²) < 4.78 is 0. The van der Waals surface area contributed by atoms with Gasteiger partial charge in [0.25, 0.3) is 0 Å². The number of hydrogen-bond donors (Lipinski definition) is 2. The van der Waals surface area contributed by atoms with Crippen LogP contribution in [0.2, 0.25) is 10.0 Å². The van der Waals surface area contributed by atoms with E-state index < -0.39 is 0 Å². The summed E-state index contributed by atoms with van der Waals surface area (Å²) >= 11 is 12.1. The van der Waals surface area contributed by atoms with Crippen LogP contribution in [0.25, 0.3) is 0 Å². The summed E-state index contributed by atoms with van der Waals surface area (Å²) in [6, 6.07) is 5.50. The summed E-state index contributed by atoms with van der Waals surface area (Å²) in [4.78, 5) is 0. The Labute approximate surface area is 94.4 Å². The lowest BCUT2D eigenvalue weighted by atomic mass is 10.0. The van der Waals surface area contributed by atoms with Crippen LogP contribution in [-0.4, -0.2) is 0 Å². The Morgan fingerprint density at radius 1 is 1.36 bits per heavy atom. The van der Waals surface area contributed by atoms with Crippen LogP contribution in [-0.2, 0) is 0 Å². The number of halogens is 2. The minimum absolute atomic E-state index is 0.0289. The zero-order valence-corrected chi connectivity index (χ0v) is 9.57. The van der Waals surface area contributed by atoms with Crippen molar-refractivity contribution in [1.82, 2.24) is 5.43 Å². The number of benzene rings is 1. The highest BCUT2D eigenvalue weighted by Gasteiger charge is 2.15. The molecule has 0 fully saturated rings. The molecule has 0 heterocycles. The highest BCUT2D eigenvalue weighted by molar-refractivity contribution is 6.36. The molecular weight excluding hydrogens is 219 g/mol. The second-order valence-electron chi connectivity index (χ2n) is 3.14. The van der Waals surface area contributed by atoms with Crippen molar-refractivity contribution in [3.63, 3.8) is 0 Å². The quantitative estimate of drug-likeness (QED) is 0.618. The first kappa shape index (κ1) is 11.8. The van der Waals surface area contributed by atoms with Crippen molar-refractivity contribution in [2.45, 2.75) is 25.8 Å². The van der Waals surface area contributed by atoms with Crippen LogP contribution < -0.4 is 11.3 Å². The minimum atomic E-state index is 0.0289. The van der Waals surface area contributed by atoms with Crippen LogP contribution in [0.5, 0.6) is 0 Å². The van der Waals surface area contributed by atoms with Gasteiger partial charge >= 0.3 is 0 Å². The van der Waals surface area contributed by atoms with Crippen LogP contribution >= 0.6 is 23.2 Å². The number of hydrazine groups is 1. The van der Waals surface area contributed by atoms with Crippen molar-refractivity contribution in [2.24, 2.45) is 5.84 Å². The Morgan fingerprint density at radius 3 is 2.36 bits per heavy atom. The molecule has 78 valence electrons. The van der Waals surface area contributed by atoms with E-state index in [4.69, 9.17) is 29.0 Å². The van der Waals surface area contributed by atoms with Gasteiger partial charge in [-0.3, -0.25) is 11.3 Å². The summed E-state index contributed by atoms with van der Waals surface area (Å²) in [6.07, 6.45) is 1.94. The zero-order chi connectivity index (χ0) is 10.6. The first-order valence-corrected chi connectivity index (χ1v) is 5.36. The normalized spacial score (nSPS) is 12.9. The highest BCUT2D eigenvalue weighted by atomic mass is 35.5. The Balaban J connectivity index is 3.02. The van der Waals surface area contributed by atoms with E-state index >= 15 is 0 Å². The lowest BCUT2D eigenvalue weighted by molar-refractivity contribution is 0.510. The van der Waals surface area contributed by atoms with E-state index in [9.17, 15) is 0 Å². The van der Waals surface area contributed by atoms with Gasteiger partial charge in [-0.25, -0.2) is 0 Å². The zero-order valence-electron chi connectivity index (χ0n) is 8.06. The van der Waals surface area contributed by atoms with Gasteiger partial charge in [0.15, 0.2) is 0 Å². The first-order valence-electron chi connectivity index (χ1n) is 4.60. The molecule has 1 aromatic rings. The Morgan fingerprint density at radius 2 is 1.93 bits per heavy atom. The first-order chi connectivity index (χ1) is 6.70. The molecule has 0 saturated heterocycles. The van der Waals surface area contributed by atoms with Gasteiger partial charge in [-0.05, 0) is 18.6 Å². The molecule has 1 atom stereocenters. The molecule has 0 spiro atoms. The smallest absolute Gasteiger partial charge is 0.0489 e. The fourth-order valence-corrected chi connectivity index (χ4v) is 2.10. The molecular formula is C10H14Cl2N2. The topological polar surface area (TPSA) is 38.0 Å². The van der Waals surface area contributed by atoms with Gasteiger partial charge in [-0.2, -0.15) is 0 Å². The maximum absolute atomic E-state index is 6.06. The summed E-state index contributed by atoms with van der Waals surface area (Å²) in [6.45, 7) is 2.09. The number of rotatable bonds is 4. The van der Waals surface area contributed by atoms with Crippen molar-refractivity contribution in [3.8, 4) is 0 Å². The van der Waals surface area contributed by atoms with Crippen LogP contribution in [0.4, 0.5) is 0 Å². The molecule has 3 N–H and O–H groups in total. The third-order valence-electron chi connectivity index (χ3n) is 2.13. The largest absolute Gasteiger partial charge is 0.271 e. The molecule has 2 nitrogen and oxygen atoms in total. The molecule has 14 heavy (non-hydrogen) atoms. The van der Waals surface area contributed by atoms with Crippen LogP contribution in [0.3, 0.4) is 0 Å². The highest BCUT2D eigenvalue weighted by Crippen LogP contribution is 2.31. The van der Waals surface area contributed by atoms with Crippen molar-refractivity contribution in [2.75, 3.05) is 0 Å². The van der Waals surface area contributed by atoms with Gasteiger partial charge in [-0.1, -0.05) is 42.6 Å². The molecule has 1 unspecified atom stereocenters. The molecule has 0 aliphatic carbocycles. The molecule has 4 heteroatoms. The number of nitrogens with two attached hydrogens (primary N) is 1. The van der Waals surface area contributed by atoms with E-state index in [1.807, 2.05) is 18.2 Å². The average molecular weight is 233 g/mol. The maximum atomic E-state index is 6.06. The van der Waals surface area contributed by atoms with E-state index in [1.54, 1.807) is 0 Å². The number of hydrogen-bond acceptors (Lipinski definition) is 2.